The molecule has 0 saturated heterocycles. The highest BCUT2D eigenvalue weighted by Crippen LogP contribution is 2.16. The van der Waals surface area contributed by atoms with Gasteiger partial charge in [0.15, 0.2) is 0 Å². The number of aliphatic carboxylic acids is 1. The Bertz CT molecular complexity index is 419. The molecule has 1 amide bonds. The number of rotatable bonds is 8. The maximum absolute atomic E-state index is 11.4. The van der Waals surface area contributed by atoms with Crippen molar-refractivity contribution in [1.82, 2.24) is 5.32 Å². The summed E-state index contributed by atoms with van der Waals surface area (Å²) in [5.74, 6) is -0.280. The second-order valence-corrected chi connectivity index (χ2v) is 4.82. The molecule has 0 unspecified atom stereocenters. The predicted octanol–water partition coefficient (Wildman–Crippen LogP) is 2.20. The number of carbonyl (C=O) groups excluding carboxylic acids is 1. The van der Waals surface area contributed by atoms with Crippen LogP contribution in [0.2, 0.25) is 0 Å². The van der Waals surface area contributed by atoms with Crippen LogP contribution in [0.4, 0.5) is 0 Å². The molecule has 19 heavy (non-hydrogen) atoms. The molecule has 0 aromatic heterocycles. The summed E-state index contributed by atoms with van der Waals surface area (Å²) in [5, 5.41) is 11.1. The van der Waals surface area contributed by atoms with Crippen LogP contribution in [0.15, 0.2) is 28.7 Å². The van der Waals surface area contributed by atoms with Crippen molar-refractivity contribution in [1.29, 1.82) is 0 Å². The van der Waals surface area contributed by atoms with Crippen molar-refractivity contribution in [2.24, 2.45) is 0 Å². The van der Waals surface area contributed by atoms with Crippen LogP contribution < -0.4 is 10.1 Å². The van der Waals surface area contributed by atoms with Crippen LogP contribution in [-0.4, -0.2) is 30.1 Å². The predicted molar refractivity (Wildman–Crippen MR) is 74.1 cm³/mol. The molecule has 0 saturated carbocycles. The molecule has 0 aliphatic heterocycles. The van der Waals surface area contributed by atoms with Gasteiger partial charge in [0.05, 0.1) is 13.0 Å². The maximum Gasteiger partial charge on any atom is 0.303 e. The number of carbonyl (C=O) groups is 2. The molecular weight excluding hydrogens is 314 g/mol. The molecule has 1 aromatic rings. The van der Waals surface area contributed by atoms with Gasteiger partial charge in [0.1, 0.15) is 5.75 Å². The molecule has 0 heterocycles. The molecule has 1 rings (SSSR count). The summed E-state index contributed by atoms with van der Waals surface area (Å²) in [5.41, 5.74) is 0. The fourth-order valence-electron chi connectivity index (χ4n) is 1.35. The SMILES string of the molecule is O=C(O)CCCNC(=O)CCOc1ccc(Br)cc1. The lowest BCUT2D eigenvalue weighted by molar-refractivity contribution is -0.137. The molecule has 1 aromatic carbocycles. The van der Waals surface area contributed by atoms with E-state index in [1.807, 2.05) is 24.3 Å². The van der Waals surface area contributed by atoms with Gasteiger partial charge in [-0.1, -0.05) is 15.9 Å². The van der Waals surface area contributed by atoms with Gasteiger partial charge in [-0.25, -0.2) is 0 Å². The molecule has 104 valence electrons. The lowest BCUT2D eigenvalue weighted by atomic mass is 10.3. The average Bonchev–Trinajstić information content (AvgIpc) is 2.37. The average molecular weight is 330 g/mol. The summed E-state index contributed by atoms with van der Waals surface area (Å²) in [6.07, 6.45) is 0.757. The molecule has 0 radical (unpaired) electrons. The number of ether oxygens (including phenoxy) is 1. The van der Waals surface area contributed by atoms with E-state index in [9.17, 15) is 9.59 Å². The van der Waals surface area contributed by atoms with E-state index >= 15 is 0 Å². The molecule has 0 atom stereocenters. The number of nitrogens with one attached hydrogen (secondary N) is 1. The largest absolute Gasteiger partial charge is 0.493 e. The van der Waals surface area contributed by atoms with E-state index in [0.29, 0.717) is 25.3 Å². The van der Waals surface area contributed by atoms with E-state index in [0.717, 1.165) is 4.47 Å². The third-order valence-electron chi connectivity index (χ3n) is 2.30. The molecular formula is C13H16BrNO4. The van der Waals surface area contributed by atoms with Crippen LogP contribution in [0.3, 0.4) is 0 Å². The summed E-state index contributed by atoms with van der Waals surface area (Å²) < 4.78 is 6.37. The van der Waals surface area contributed by atoms with E-state index in [-0.39, 0.29) is 18.7 Å². The molecule has 0 bridgehead atoms. The molecule has 0 fully saturated rings. The Balaban J connectivity index is 2.10. The van der Waals surface area contributed by atoms with Crippen molar-refractivity contribution in [3.05, 3.63) is 28.7 Å². The number of halogens is 1. The van der Waals surface area contributed by atoms with E-state index < -0.39 is 5.97 Å². The van der Waals surface area contributed by atoms with Crippen LogP contribution in [0.25, 0.3) is 0 Å². The summed E-state index contributed by atoms with van der Waals surface area (Å²) >= 11 is 3.32. The topological polar surface area (TPSA) is 75.6 Å². The second-order valence-electron chi connectivity index (χ2n) is 3.90. The van der Waals surface area contributed by atoms with Crippen LogP contribution in [-0.2, 0) is 9.59 Å². The van der Waals surface area contributed by atoms with Gasteiger partial charge in [0.2, 0.25) is 5.91 Å². The zero-order valence-corrected chi connectivity index (χ0v) is 12.0. The van der Waals surface area contributed by atoms with E-state index in [2.05, 4.69) is 21.2 Å². The lowest BCUT2D eigenvalue weighted by Crippen LogP contribution is -2.26. The molecule has 2 N–H and O–H groups in total. The third kappa shape index (κ3) is 7.46. The Labute approximate surface area is 120 Å². The Morgan fingerprint density at radius 3 is 2.53 bits per heavy atom. The van der Waals surface area contributed by atoms with Gasteiger partial charge in [-0.2, -0.15) is 0 Å². The fourth-order valence-corrected chi connectivity index (χ4v) is 1.61. The zero-order valence-electron chi connectivity index (χ0n) is 10.4. The first-order chi connectivity index (χ1) is 9.08. The summed E-state index contributed by atoms with van der Waals surface area (Å²) in [6, 6.07) is 7.35. The first-order valence-corrected chi connectivity index (χ1v) is 6.74. The first-order valence-electron chi connectivity index (χ1n) is 5.95. The van der Waals surface area contributed by atoms with Crippen molar-refractivity contribution in [2.45, 2.75) is 19.3 Å². The Hall–Kier alpha value is -1.56. The highest BCUT2D eigenvalue weighted by atomic mass is 79.9. The molecule has 0 aliphatic rings. The number of carboxylic acids is 1. The molecule has 0 spiro atoms. The van der Waals surface area contributed by atoms with Crippen LogP contribution in [0.1, 0.15) is 19.3 Å². The quantitative estimate of drug-likeness (QED) is 0.717. The third-order valence-corrected chi connectivity index (χ3v) is 2.83. The number of hydrogen-bond donors (Lipinski definition) is 2. The van der Waals surface area contributed by atoms with E-state index in [1.54, 1.807) is 0 Å². The second kappa shape index (κ2) is 8.53. The minimum absolute atomic E-state index is 0.0652. The van der Waals surface area contributed by atoms with Gasteiger partial charge in [-0.15, -0.1) is 0 Å². The Kier molecular flexibility index (Phi) is 6.95. The van der Waals surface area contributed by atoms with Gasteiger partial charge in [-0.05, 0) is 30.7 Å². The van der Waals surface area contributed by atoms with Crippen molar-refractivity contribution in [2.75, 3.05) is 13.2 Å². The normalized spacial score (nSPS) is 9.95. The van der Waals surface area contributed by atoms with Crippen LogP contribution in [0.5, 0.6) is 5.75 Å². The summed E-state index contributed by atoms with van der Waals surface area (Å²) in [7, 11) is 0. The number of hydrogen-bond acceptors (Lipinski definition) is 3. The van der Waals surface area contributed by atoms with Gasteiger partial charge < -0.3 is 15.2 Å². The molecule has 5 nitrogen and oxygen atoms in total. The standard InChI is InChI=1S/C13H16BrNO4/c14-10-3-5-11(6-4-10)19-9-7-12(16)15-8-1-2-13(17)18/h3-6H,1-2,7-9H2,(H,15,16)(H,17,18). The van der Waals surface area contributed by atoms with Crippen LogP contribution in [0, 0.1) is 0 Å². The fraction of sp³-hybridized carbons (Fsp3) is 0.385. The summed E-state index contributed by atoms with van der Waals surface area (Å²) in [4.78, 5) is 21.6. The minimum Gasteiger partial charge on any atom is -0.493 e. The van der Waals surface area contributed by atoms with Gasteiger partial charge in [-0.3, -0.25) is 9.59 Å². The van der Waals surface area contributed by atoms with Gasteiger partial charge >= 0.3 is 5.97 Å². The maximum atomic E-state index is 11.4. The van der Waals surface area contributed by atoms with Gasteiger partial charge in [0.25, 0.3) is 0 Å². The van der Waals surface area contributed by atoms with E-state index in [4.69, 9.17) is 9.84 Å². The number of carboxylic acid groups (broad SMARTS) is 1. The Morgan fingerprint density at radius 1 is 1.21 bits per heavy atom. The lowest BCUT2D eigenvalue weighted by Gasteiger charge is -2.07. The monoisotopic (exact) mass is 329 g/mol. The van der Waals surface area contributed by atoms with Crippen molar-refractivity contribution in [3.8, 4) is 5.75 Å². The van der Waals surface area contributed by atoms with Crippen LogP contribution >= 0.6 is 15.9 Å². The Morgan fingerprint density at radius 2 is 1.89 bits per heavy atom. The van der Waals surface area contributed by atoms with Crippen molar-refractivity contribution >= 4 is 27.8 Å². The minimum atomic E-state index is -0.854. The highest BCUT2D eigenvalue weighted by Gasteiger charge is 2.02. The van der Waals surface area contributed by atoms with Crippen molar-refractivity contribution in [3.63, 3.8) is 0 Å². The molecule has 0 aliphatic carbocycles. The van der Waals surface area contributed by atoms with Crippen molar-refractivity contribution < 1.29 is 19.4 Å². The summed E-state index contributed by atoms with van der Waals surface area (Å²) in [6.45, 7) is 0.676. The smallest absolute Gasteiger partial charge is 0.303 e. The van der Waals surface area contributed by atoms with E-state index in [1.165, 1.54) is 0 Å². The zero-order chi connectivity index (χ0) is 14.1. The number of benzene rings is 1. The van der Waals surface area contributed by atoms with Gasteiger partial charge in [0, 0.05) is 17.4 Å². The number of amides is 1. The molecule has 6 heteroatoms. The highest BCUT2D eigenvalue weighted by molar-refractivity contribution is 9.10. The first kappa shape index (κ1) is 15.5.